The summed E-state index contributed by atoms with van der Waals surface area (Å²) in [6, 6.07) is 69.0. The van der Waals surface area contributed by atoms with E-state index in [1.165, 1.54) is 21.8 Å². The number of hydrogen-bond donors (Lipinski definition) is 0. The van der Waals surface area contributed by atoms with Crippen molar-refractivity contribution in [3.63, 3.8) is 0 Å². The lowest BCUT2D eigenvalue weighted by atomic mass is 10.0. The zero-order valence-electron chi connectivity index (χ0n) is 30.2. The number of aromatic nitrogens is 1. The van der Waals surface area contributed by atoms with Crippen molar-refractivity contribution in [2.45, 2.75) is 0 Å². The topological polar surface area (TPSA) is 34.5 Å². The number of anilines is 3. The van der Waals surface area contributed by atoms with E-state index in [1.807, 2.05) is 12.1 Å². The third-order valence-electron chi connectivity index (χ3n) is 11.4. The molecule has 0 bridgehead atoms. The lowest BCUT2D eigenvalue weighted by Gasteiger charge is -2.27. The minimum atomic E-state index is 0.855. The Morgan fingerprint density at radius 3 is 1.73 bits per heavy atom. The minimum Gasteiger partial charge on any atom is -0.455 e. The van der Waals surface area contributed by atoms with Gasteiger partial charge in [0.1, 0.15) is 22.3 Å². The second-order valence-corrected chi connectivity index (χ2v) is 14.5. The van der Waals surface area contributed by atoms with Crippen LogP contribution in [0.4, 0.5) is 17.1 Å². The standard InChI is InChI=1S/C52H32N2O2/c1-2-12-38-33(11-1)25-32-44-50-47(20-10-22-49(50)56-52(38)44)53(35-26-23-34(24-27-35)39-16-9-17-43-42-15-5-8-21-48(42)55-51(39)43)36-28-30-37(31-29-36)54-45-18-6-3-13-40(45)41-14-4-7-19-46(41)54/h1-32H. The van der Waals surface area contributed by atoms with Gasteiger partial charge in [-0.2, -0.15) is 0 Å². The highest BCUT2D eigenvalue weighted by atomic mass is 16.3. The summed E-state index contributed by atoms with van der Waals surface area (Å²) in [5.74, 6) is 0. The summed E-state index contributed by atoms with van der Waals surface area (Å²) in [5.41, 5.74) is 12.4. The van der Waals surface area contributed by atoms with Gasteiger partial charge in [0.2, 0.25) is 0 Å². The Morgan fingerprint density at radius 2 is 0.964 bits per heavy atom. The van der Waals surface area contributed by atoms with Crippen LogP contribution in [0.2, 0.25) is 0 Å². The Morgan fingerprint density at radius 1 is 0.375 bits per heavy atom. The molecule has 56 heavy (non-hydrogen) atoms. The fourth-order valence-corrected chi connectivity index (χ4v) is 8.86. The molecule has 0 amide bonds. The molecule has 262 valence electrons. The van der Waals surface area contributed by atoms with Gasteiger partial charge in [-0.05, 0) is 83.7 Å². The Labute approximate surface area is 321 Å². The van der Waals surface area contributed by atoms with Crippen LogP contribution in [0, 0.1) is 0 Å². The first kappa shape index (κ1) is 30.9. The number of fused-ring (bicyclic) bond motifs is 11. The maximum absolute atomic E-state index is 6.68. The zero-order valence-corrected chi connectivity index (χ0v) is 30.2. The summed E-state index contributed by atoms with van der Waals surface area (Å²) >= 11 is 0. The molecule has 4 heteroatoms. The first-order valence-corrected chi connectivity index (χ1v) is 19.0. The largest absolute Gasteiger partial charge is 0.455 e. The fraction of sp³-hybridized carbons (Fsp3) is 0. The van der Waals surface area contributed by atoms with Crippen LogP contribution in [-0.2, 0) is 0 Å². The maximum Gasteiger partial charge on any atom is 0.143 e. The third kappa shape index (κ3) is 4.53. The molecule has 0 unspecified atom stereocenters. The molecule has 4 nitrogen and oxygen atoms in total. The van der Waals surface area contributed by atoms with Crippen molar-refractivity contribution >= 4 is 93.5 Å². The van der Waals surface area contributed by atoms with Crippen molar-refractivity contribution < 1.29 is 8.83 Å². The van der Waals surface area contributed by atoms with Crippen molar-refractivity contribution in [1.29, 1.82) is 0 Å². The molecule has 0 saturated carbocycles. The van der Waals surface area contributed by atoms with Gasteiger partial charge in [-0.1, -0.05) is 121 Å². The highest BCUT2D eigenvalue weighted by Gasteiger charge is 2.21. The van der Waals surface area contributed by atoms with Gasteiger partial charge >= 0.3 is 0 Å². The van der Waals surface area contributed by atoms with E-state index in [2.05, 4.69) is 191 Å². The van der Waals surface area contributed by atoms with E-state index < -0.39 is 0 Å². The molecule has 9 aromatic carbocycles. The van der Waals surface area contributed by atoms with E-state index >= 15 is 0 Å². The molecule has 3 aromatic heterocycles. The number of rotatable bonds is 5. The SMILES string of the molecule is c1ccc2c(c1)ccc1c2oc2cccc(N(c3ccc(-c4cccc5c4oc4ccccc45)cc3)c3ccc(-n4c5ccccc5c5ccccc54)cc3)c21. The Balaban J connectivity index is 1.05. The molecule has 0 saturated heterocycles. The molecule has 0 radical (unpaired) electrons. The molecular weight excluding hydrogens is 685 g/mol. The van der Waals surface area contributed by atoms with E-state index in [1.54, 1.807) is 0 Å². The number of furan rings is 2. The van der Waals surface area contributed by atoms with E-state index in [9.17, 15) is 0 Å². The van der Waals surface area contributed by atoms with Gasteiger partial charge in [0.05, 0.1) is 22.1 Å². The second-order valence-electron chi connectivity index (χ2n) is 14.5. The average Bonchev–Trinajstić information content (AvgIpc) is 3.95. The van der Waals surface area contributed by atoms with Gasteiger partial charge in [0, 0.05) is 54.9 Å². The predicted molar refractivity (Wildman–Crippen MR) is 233 cm³/mol. The van der Waals surface area contributed by atoms with Gasteiger partial charge < -0.3 is 18.3 Å². The van der Waals surface area contributed by atoms with Crippen molar-refractivity contribution in [3.8, 4) is 16.8 Å². The molecule has 12 aromatic rings. The van der Waals surface area contributed by atoms with Crippen LogP contribution in [0.1, 0.15) is 0 Å². The summed E-state index contributed by atoms with van der Waals surface area (Å²) in [5, 5.41) is 9.19. The van der Waals surface area contributed by atoms with Gasteiger partial charge in [-0.15, -0.1) is 0 Å². The van der Waals surface area contributed by atoms with Crippen LogP contribution in [0.15, 0.2) is 203 Å². The van der Waals surface area contributed by atoms with Crippen LogP contribution >= 0.6 is 0 Å². The Kier molecular flexibility index (Phi) is 6.60. The van der Waals surface area contributed by atoms with Gasteiger partial charge in [-0.25, -0.2) is 0 Å². The summed E-state index contributed by atoms with van der Waals surface area (Å²) in [6.45, 7) is 0. The van der Waals surface area contributed by atoms with Gasteiger partial charge in [-0.3, -0.25) is 0 Å². The van der Waals surface area contributed by atoms with E-state index in [4.69, 9.17) is 8.83 Å². The molecule has 0 aliphatic rings. The molecule has 0 aliphatic carbocycles. The van der Waals surface area contributed by atoms with Crippen LogP contribution in [-0.4, -0.2) is 4.57 Å². The number of para-hydroxylation sites is 4. The molecule has 12 rings (SSSR count). The van der Waals surface area contributed by atoms with Crippen molar-refractivity contribution in [1.82, 2.24) is 4.57 Å². The lowest BCUT2D eigenvalue weighted by molar-refractivity contribution is 0.670. The molecule has 0 atom stereocenters. The Bertz CT molecular complexity index is 3420. The molecule has 0 fully saturated rings. The highest BCUT2D eigenvalue weighted by Crippen LogP contribution is 2.45. The number of benzene rings is 9. The summed E-state index contributed by atoms with van der Waals surface area (Å²) in [4.78, 5) is 2.35. The van der Waals surface area contributed by atoms with Crippen molar-refractivity contribution in [2.24, 2.45) is 0 Å². The molecule has 0 spiro atoms. The third-order valence-corrected chi connectivity index (χ3v) is 11.4. The van der Waals surface area contributed by atoms with E-state index in [-0.39, 0.29) is 0 Å². The summed E-state index contributed by atoms with van der Waals surface area (Å²) in [6.07, 6.45) is 0. The predicted octanol–water partition coefficient (Wildman–Crippen LogP) is 14.9. The first-order valence-electron chi connectivity index (χ1n) is 19.0. The first-order chi connectivity index (χ1) is 27.8. The molecule has 0 N–H and O–H groups in total. The minimum absolute atomic E-state index is 0.855. The monoisotopic (exact) mass is 716 g/mol. The fourth-order valence-electron chi connectivity index (χ4n) is 8.86. The van der Waals surface area contributed by atoms with Crippen molar-refractivity contribution in [2.75, 3.05) is 4.90 Å². The highest BCUT2D eigenvalue weighted by molar-refractivity contribution is 6.19. The maximum atomic E-state index is 6.68. The quantitative estimate of drug-likeness (QED) is 0.178. The Hall–Kier alpha value is -7.56. The summed E-state index contributed by atoms with van der Waals surface area (Å²) < 4.78 is 15.5. The molecule has 0 aliphatic heterocycles. The number of nitrogens with zero attached hydrogens (tertiary/aromatic N) is 2. The van der Waals surface area contributed by atoms with Crippen LogP contribution in [0.3, 0.4) is 0 Å². The molecular formula is C52H32N2O2. The van der Waals surface area contributed by atoms with Crippen LogP contribution < -0.4 is 4.90 Å². The molecule has 3 heterocycles. The van der Waals surface area contributed by atoms with Gasteiger partial charge in [0.15, 0.2) is 0 Å². The lowest BCUT2D eigenvalue weighted by Crippen LogP contribution is -2.10. The van der Waals surface area contributed by atoms with Crippen LogP contribution in [0.25, 0.3) is 93.3 Å². The normalized spacial score (nSPS) is 11.9. The van der Waals surface area contributed by atoms with E-state index in [0.717, 1.165) is 88.5 Å². The van der Waals surface area contributed by atoms with Crippen LogP contribution in [0.5, 0.6) is 0 Å². The van der Waals surface area contributed by atoms with Gasteiger partial charge in [0.25, 0.3) is 0 Å². The van der Waals surface area contributed by atoms with E-state index in [0.29, 0.717) is 0 Å². The average molecular weight is 717 g/mol. The zero-order chi connectivity index (χ0) is 36.7. The second kappa shape index (κ2) is 12.0. The smallest absolute Gasteiger partial charge is 0.143 e. The van der Waals surface area contributed by atoms with Crippen molar-refractivity contribution in [3.05, 3.63) is 194 Å². The summed E-state index contributed by atoms with van der Waals surface area (Å²) in [7, 11) is 0. The number of hydrogen-bond acceptors (Lipinski definition) is 3.